The monoisotopic (exact) mass is 579 g/mol. The lowest BCUT2D eigenvalue weighted by Gasteiger charge is -2.41. The third-order valence-corrected chi connectivity index (χ3v) is 7.53. The molecule has 4 aromatic rings. The number of fused-ring (bicyclic) bond motifs is 1. The van der Waals surface area contributed by atoms with Crippen molar-refractivity contribution in [1.29, 1.82) is 0 Å². The van der Waals surface area contributed by atoms with Crippen molar-refractivity contribution in [3.05, 3.63) is 120 Å². The average molecular weight is 580 g/mol. The first-order valence-corrected chi connectivity index (χ1v) is 14.6. The zero-order chi connectivity index (χ0) is 29.0. The number of imidazole rings is 1. The van der Waals surface area contributed by atoms with Gasteiger partial charge in [0.1, 0.15) is 17.1 Å². The smallest absolute Gasteiger partial charge is 0.334 e. The van der Waals surface area contributed by atoms with Crippen LogP contribution in [0.25, 0.3) is 0 Å². The first kappa shape index (κ1) is 28.8. The van der Waals surface area contributed by atoms with Crippen LogP contribution in [0.5, 0.6) is 0 Å². The summed E-state index contributed by atoms with van der Waals surface area (Å²) in [5.74, 6) is 0.619. The molecule has 1 aliphatic heterocycles. The van der Waals surface area contributed by atoms with Crippen LogP contribution in [0.3, 0.4) is 0 Å². The van der Waals surface area contributed by atoms with Gasteiger partial charge in [0.05, 0.1) is 32.4 Å². The van der Waals surface area contributed by atoms with Crippen molar-refractivity contribution < 1.29 is 28.3 Å². The van der Waals surface area contributed by atoms with E-state index in [1.807, 2.05) is 59.2 Å². The number of hydrogen-bond donors (Lipinski definition) is 3. The van der Waals surface area contributed by atoms with Gasteiger partial charge in [-0.05, 0) is 23.6 Å². The van der Waals surface area contributed by atoms with Gasteiger partial charge in [-0.1, -0.05) is 91.0 Å². The van der Waals surface area contributed by atoms with E-state index in [9.17, 15) is 18.7 Å². The van der Waals surface area contributed by atoms with Crippen molar-refractivity contribution in [3.8, 4) is 0 Å². The third-order valence-electron chi connectivity index (χ3n) is 6.88. The maximum atomic E-state index is 14.2. The minimum atomic E-state index is -5.08. The highest BCUT2D eigenvalue weighted by Gasteiger charge is 2.43. The van der Waals surface area contributed by atoms with Gasteiger partial charge in [0.2, 0.25) is 0 Å². The Kier molecular flexibility index (Phi) is 8.46. The van der Waals surface area contributed by atoms with Gasteiger partial charge in [0.25, 0.3) is 0 Å². The van der Waals surface area contributed by atoms with Gasteiger partial charge in [-0.3, -0.25) is 9.13 Å². The first-order chi connectivity index (χ1) is 19.8. The summed E-state index contributed by atoms with van der Waals surface area (Å²) < 4.78 is 32.7. The van der Waals surface area contributed by atoms with Crippen LogP contribution < -0.4 is 10.4 Å². The maximum absolute atomic E-state index is 14.2. The van der Waals surface area contributed by atoms with Crippen LogP contribution in [-0.4, -0.2) is 51.5 Å². The largest absolute Gasteiger partial charge is 0.386 e. The second-order valence-electron chi connectivity index (χ2n) is 9.60. The van der Waals surface area contributed by atoms with Gasteiger partial charge in [-0.15, -0.1) is 0 Å². The SMILES string of the molecule is CONC1N=CN(C[C@H](C)O[C@H](F)P(=O)(O)O)c2c1ncn2C(c1ccccc1)(c1ccccc1)c1ccccc1. The summed E-state index contributed by atoms with van der Waals surface area (Å²) in [6, 6.07) is 30.1. The number of hydroxylamine groups is 1. The van der Waals surface area contributed by atoms with Crippen LogP contribution in [0, 0.1) is 0 Å². The number of aromatic nitrogens is 2. The quantitative estimate of drug-likeness (QED) is 0.134. The average Bonchev–Trinajstić information content (AvgIpc) is 3.42. The summed E-state index contributed by atoms with van der Waals surface area (Å²) in [5, 5.41) is 0. The van der Waals surface area contributed by atoms with Gasteiger partial charge >= 0.3 is 13.7 Å². The van der Waals surface area contributed by atoms with Crippen LogP contribution in [0.2, 0.25) is 0 Å². The van der Waals surface area contributed by atoms with E-state index in [0.717, 1.165) is 16.7 Å². The molecule has 0 radical (unpaired) electrons. The van der Waals surface area contributed by atoms with E-state index >= 15 is 0 Å². The van der Waals surface area contributed by atoms with Crippen molar-refractivity contribution in [3.63, 3.8) is 0 Å². The zero-order valence-electron chi connectivity index (χ0n) is 22.5. The minimum absolute atomic E-state index is 0.0246. The van der Waals surface area contributed by atoms with E-state index < -0.39 is 31.5 Å². The Bertz CT molecular complexity index is 1420. The normalized spacial score (nSPS) is 16.8. The molecule has 1 unspecified atom stereocenters. The van der Waals surface area contributed by atoms with Crippen LogP contribution in [-0.2, 0) is 19.7 Å². The molecular weight excluding hydrogens is 548 g/mol. The van der Waals surface area contributed by atoms with E-state index in [1.54, 1.807) is 17.6 Å². The van der Waals surface area contributed by atoms with Gasteiger partial charge in [0.15, 0.2) is 6.17 Å². The summed E-state index contributed by atoms with van der Waals surface area (Å²) in [7, 11) is -3.59. The minimum Gasteiger partial charge on any atom is -0.334 e. The Morgan fingerprint density at radius 2 is 1.49 bits per heavy atom. The predicted molar refractivity (Wildman–Crippen MR) is 153 cm³/mol. The van der Waals surface area contributed by atoms with Crippen molar-refractivity contribution in [2.45, 2.75) is 30.8 Å². The number of hydrogen-bond acceptors (Lipinski definition) is 7. The summed E-state index contributed by atoms with van der Waals surface area (Å²) in [4.78, 5) is 34.7. The molecule has 5 rings (SSSR count). The molecule has 1 aliphatic rings. The van der Waals surface area contributed by atoms with E-state index in [1.165, 1.54) is 14.0 Å². The van der Waals surface area contributed by atoms with E-state index in [-0.39, 0.29) is 6.54 Å². The summed E-state index contributed by atoms with van der Waals surface area (Å²) in [6.45, 7) is 1.56. The van der Waals surface area contributed by atoms with Crippen molar-refractivity contribution >= 4 is 19.8 Å². The highest BCUT2D eigenvalue weighted by atomic mass is 31.2. The molecule has 0 saturated carbocycles. The van der Waals surface area contributed by atoms with Crippen molar-refractivity contribution in [2.75, 3.05) is 18.6 Å². The standard InChI is InChI=1S/C29H31FN5O5P/c1-21(40-28(30)41(36,37)38)18-34-19-32-26(33-39-2)25-27(34)35(20-31-25)29(22-12-6-3-7-13-22,23-14-8-4-9-15-23)24-16-10-5-11-17-24/h3-17,19-21,26,28,33H,18H2,1-2H3,(H2,36,37,38)/t21-,26?,28-/m0/s1. The Morgan fingerprint density at radius 1 is 0.976 bits per heavy atom. The fourth-order valence-electron chi connectivity index (χ4n) is 5.23. The number of anilines is 1. The first-order valence-electron chi connectivity index (χ1n) is 12.9. The van der Waals surface area contributed by atoms with Gasteiger partial charge < -0.3 is 24.3 Å². The van der Waals surface area contributed by atoms with E-state index in [4.69, 9.17) is 14.6 Å². The lowest BCUT2D eigenvalue weighted by atomic mass is 9.76. The number of halogens is 1. The van der Waals surface area contributed by atoms with Crippen LogP contribution in [0.15, 0.2) is 102 Å². The Labute approximate surface area is 237 Å². The van der Waals surface area contributed by atoms with E-state index in [0.29, 0.717) is 11.5 Å². The summed E-state index contributed by atoms with van der Waals surface area (Å²) in [5.41, 5.74) is 5.38. The summed E-state index contributed by atoms with van der Waals surface area (Å²) >= 11 is 0. The molecule has 41 heavy (non-hydrogen) atoms. The van der Waals surface area contributed by atoms with Gasteiger partial charge in [-0.25, -0.2) is 14.4 Å². The number of nitrogens with one attached hydrogen (secondary N) is 1. The maximum Gasteiger partial charge on any atom is 0.386 e. The molecule has 3 N–H and O–H groups in total. The summed E-state index contributed by atoms with van der Waals surface area (Å²) in [6.07, 6.45) is -1.01. The third kappa shape index (κ3) is 5.60. The van der Waals surface area contributed by atoms with Crippen LogP contribution in [0.1, 0.15) is 35.5 Å². The number of ether oxygens (including phenoxy) is 1. The Hall–Kier alpha value is -3.70. The lowest BCUT2D eigenvalue weighted by Crippen LogP contribution is -2.43. The zero-order valence-corrected chi connectivity index (χ0v) is 23.4. The molecule has 214 valence electrons. The molecule has 0 saturated heterocycles. The molecule has 10 nitrogen and oxygen atoms in total. The van der Waals surface area contributed by atoms with E-state index in [2.05, 4.69) is 46.9 Å². The fourth-order valence-corrected chi connectivity index (χ4v) is 5.60. The number of alkyl halides is 1. The number of nitrogens with zero attached hydrogens (tertiary/aromatic N) is 4. The highest BCUT2D eigenvalue weighted by Crippen LogP contribution is 2.46. The number of aliphatic imine (C=N–C) groups is 1. The van der Waals surface area contributed by atoms with Crippen molar-refractivity contribution in [1.82, 2.24) is 15.0 Å². The molecule has 3 atom stereocenters. The molecular formula is C29H31FN5O5P. The van der Waals surface area contributed by atoms with Gasteiger partial charge in [-0.2, -0.15) is 5.48 Å². The molecule has 1 aromatic heterocycles. The van der Waals surface area contributed by atoms with Crippen molar-refractivity contribution in [2.24, 2.45) is 4.99 Å². The van der Waals surface area contributed by atoms with Crippen LogP contribution >= 0.6 is 7.60 Å². The molecule has 3 aromatic carbocycles. The molecule has 0 fully saturated rings. The second-order valence-corrected chi connectivity index (χ2v) is 11.2. The Morgan fingerprint density at radius 3 is 1.95 bits per heavy atom. The fraction of sp³-hybridized carbons (Fsp3) is 0.241. The Balaban J connectivity index is 1.74. The number of benzene rings is 3. The molecule has 0 aliphatic carbocycles. The topological polar surface area (TPSA) is 121 Å². The molecule has 0 amide bonds. The van der Waals surface area contributed by atoms with Crippen LogP contribution in [0.4, 0.5) is 10.2 Å². The van der Waals surface area contributed by atoms with Gasteiger partial charge in [0, 0.05) is 0 Å². The lowest BCUT2D eigenvalue weighted by molar-refractivity contribution is -0.0362. The highest BCUT2D eigenvalue weighted by molar-refractivity contribution is 7.52. The molecule has 0 spiro atoms. The molecule has 0 bridgehead atoms. The molecule has 2 heterocycles. The number of rotatable bonds is 11. The molecule has 12 heteroatoms. The predicted octanol–water partition coefficient (Wildman–Crippen LogP) is 4.56. The second kappa shape index (κ2) is 12.0.